The molecule has 28 heavy (non-hydrogen) atoms. The number of aliphatic imine (C=N–C) groups is 1. The first-order chi connectivity index (χ1) is 13.7. The summed E-state index contributed by atoms with van der Waals surface area (Å²) in [7, 11) is 1.99. The molecule has 8 nitrogen and oxygen atoms in total. The summed E-state index contributed by atoms with van der Waals surface area (Å²) in [6, 6.07) is 3.18. The molecule has 0 amide bonds. The van der Waals surface area contributed by atoms with Crippen LogP contribution in [-0.2, 0) is 20.1 Å². The van der Waals surface area contributed by atoms with Gasteiger partial charge in [-0.1, -0.05) is 25.7 Å². The molecule has 0 bridgehead atoms. The summed E-state index contributed by atoms with van der Waals surface area (Å²) in [5, 5.41) is 20.1. The van der Waals surface area contributed by atoms with Gasteiger partial charge in [-0.05, 0) is 38.7 Å². The summed E-state index contributed by atoms with van der Waals surface area (Å²) in [5.41, 5.74) is 1.02. The number of hydrogen-bond acceptors (Lipinski definition) is 4. The molecule has 0 atom stereocenters. The van der Waals surface area contributed by atoms with Gasteiger partial charge in [-0.2, -0.15) is 5.10 Å². The maximum atomic E-state index is 4.81. The van der Waals surface area contributed by atoms with Gasteiger partial charge >= 0.3 is 0 Å². The molecule has 2 aromatic rings. The summed E-state index contributed by atoms with van der Waals surface area (Å²) < 4.78 is 4.14. The minimum Gasteiger partial charge on any atom is -0.354 e. The summed E-state index contributed by atoms with van der Waals surface area (Å²) in [6.07, 6.45) is 12.2. The predicted molar refractivity (Wildman–Crippen MR) is 109 cm³/mol. The fraction of sp³-hybridized carbons (Fsp3) is 0.700. The van der Waals surface area contributed by atoms with E-state index < -0.39 is 0 Å². The third-order valence-corrected chi connectivity index (χ3v) is 6.05. The second kappa shape index (κ2) is 8.75. The van der Waals surface area contributed by atoms with Gasteiger partial charge in [0.25, 0.3) is 0 Å². The van der Waals surface area contributed by atoms with Gasteiger partial charge in [0.05, 0.1) is 24.8 Å². The van der Waals surface area contributed by atoms with Gasteiger partial charge in [0.1, 0.15) is 5.82 Å². The van der Waals surface area contributed by atoms with Crippen LogP contribution in [0, 0.1) is 6.92 Å². The van der Waals surface area contributed by atoms with Crippen molar-refractivity contribution in [2.75, 3.05) is 0 Å². The SMILES string of the molecule is Cc1nnc(CNC(=NCc2ccn(C3CCCC3)n2)NC2CCCC2)n1C. The first kappa shape index (κ1) is 19.0. The Morgan fingerprint density at radius 3 is 2.61 bits per heavy atom. The molecule has 152 valence electrons. The minimum absolute atomic E-state index is 0.503. The van der Waals surface area contributed by atoms with Gasteiger partial charge in [0, 0.05) is 19.3 Å². The molecule has 4 rings (SSSR count). The lowest BCUT2D eigenvalue weighted by Crippen LogP contribution is -2.42. The average Bonchev–Trinajstić information content (AvgIpc) is 3.48. The number of nitrogens with one attached hydrogen (secondary N) is 2. The van der Waals surface area contributed by atoms with E-state index >= 15 is 0 Å². The normalized spacial score (nSPS) is 18.9. The summed E-state index contributed by atoms with van der Waals surface area (Å²) >= 11 is 0. The van der Waals surface area contributed by atoms with Crippen LogP contribution >= 0.6 is 0 Å². The highest BCUT2D eigenvalue weighted by Gasteiger charge is 2.18. The van der Waals surface area contributed by atoms with Crippen molar-refractivity contribution in [3.8, 4) is 0 Å². The standard InChI is InChI=1S/C20H32N8/c1-15-24-25-19(27(15)2)14-22-20(23-16-7-3-4-8-16)21-13-17-11-12-28(26-17)18-9-5-6-10-18/h11-12,16,18H,3-10,13-14H2,1-2H3,(H2,21,22,23). The van der Waals surface area contributed by atoms with Gasteiger partial charge in [-0.25, -0.2) is 4.99 Å². The van der Waals surface area contributed by atoms with E-state index in [4.69, 9.17) is 10.1 Å². The fourth-order valence-corrected chi connectivity index (χ4v) is 4.18. The van der Waals surface area contributed by atoms with E-state index in [1.807, 2.05) is 18.5 Å². The van der Waals surface area contributed by atoms with Crippen molar-refractivity contribution in [3.05, 3.63) is 29.6 Å². The lowest BCUT2D eigenvalue weighted by atomic mass is 10.2. The first-order valence-corrected chi connectivity index (χ1v) is 10.6. The molecule has 2 heterocycles. The van der Waals surface area contributed by atoms with Crippen LogP contribution < -0.4 is 10.6 Å². The molecule has 2 aromatic heterocycles. The van der Waals surface area contributed by atoms with Gasteiger partial charge in [-0.15, -0.1) is 10.2 Å². The summed E-state index contributed by atoms with van der Waals surface area (Å²) in [5.74, 6) is 2.66. The van der Waals surface area contributed by atoms with E-state index in [0.29, 0.717) is 25.2 Å². The van der Waals surface area contributed by atoms with Crippen LogP contribution in [0.1, 0.15) is 74.8 Å². The molecule has 8 heteroatoms. The molecule has 2 fully saturated rings. The zero-order chi connectivity index (χ0) is 19.3. The van der Waals surface area contributed by atoms with Crippen LogP contribution in [0.2, 0.25) is 0 Å². The van der Waals surface area contributed by atoms with E-state index in [2.05, 4.69) is 37.8 Å². The van der Waals surface area contributed by atoms with E-state index in [0.717, 1.165) is 23.3 Å². The molecule has 0 unspecified atom stereocenters. The quantitative estimate of drug-likeness (QED) is 0.591. The lowest BCUT2D eigenvalue weighted by molar-refractivity contribution is 0.463. The van der Waals surface area contributed by atoms with Crippen LogP contribution in [0.3, 0.4) is 0 Å². The number of rotatable bonds is 6. The van der Waals surface area contributed by atoms with Gasteiger partial charge in [0.15, 0.2) is 11.8 Å². The molecular formula is C20H32N8. The molecule has 0 aliphatic heterocycles. The zero-order valence-electron chi connectivity index (χ0n) is 17.1. The fourth-order valence-electron chi connectivity index (χ4n) is 4.18. The number of guanidine groups is 1. The van der Waals surface area contributed by atoms with E-state index in [-0.39, 0.29) is 0 Å². The van der Waals surface area contributed by atoms with E-state index in [1.165, 1.54) is 51.4 Å². The molecule has 2 saturated carbocycles. The molecule has 0 spiro atoms. The van der Waals surface area contributed by atoms with Gasteiger partial charge in [0.2, 0.25) is 0 Å². The van der Waals surface area contributed by atoms with Crippen LogP contribution in [0.15, 0.2) is 17.3 Å². The minimum atomic E-state index is 0.503. The molecule has 0 radical (unpaired) electrons. The highest BCUT2D eigenvalue weighted by atomic mass is 15.3. The number of nitrogens with zero attached hydrogens (tertiary/aromatic N) is 6. The highest BCUT2D eigenvalue weighted by Crippen LogP contribution is 2.28. The topological polar surface area (TPSA) is 85.0 Å². The Morgan fingerprint density at radius 2 is 1.89 bits per heavy atom. The van der Waals surface area contributed by atoms with Crippen molar-refractivity contribution in [1.29, 1.82) is 0 Å². The van der Waals surface area contributed by atoms with Crippen LogP contribution in [-0.4, -0.2) is 36.5 Å². The maximum Gasteiger partial charge on any atom is 0.192 e. The van der Waals surface area contributed by atoms with Crippen molar-refractivity contribution < 1.29 is 0 Å². The smallest absolute Gasteiger partial charge is 0.192 e. The van der Waals surface area contributed by atoms with Crippen molar-refractivity contribution in [3.63, 3.8) is 0 Å². The zero-order valence-corrected chi connectivity index (χ0v) is 17.1. The second-order valence-electron chi connectivity index (χ2n) is 8.09. The summed E-state index contributed by atoms with van der Waals surface area (Å²) in [6.45, 7) is 3.15. The van der Waals surface area contributed by atoms with Gasteiger partial charge in [-0.3, -0.25) is 4.68 Å². The van der Waals surface area contributed by atoms with Crippen molar-refractivity contribution >= 4 is 5.96 Å². The maximum absolute atomic E-state index is 4.81. The van der Waals surface area contributed by atoms with E-state index in [9.17, 15) is 0 Å². The molecule has 0 saturated heterocycles. The van der Waals surface area contributed by atoms with Crippen LogP contribution in [0.4, 0.5) is 0 Å². The average molecular weight is 385 g/mol. The molecule has 0 aromatic carbocycles. The Balaban J connectivity index is 1.40. The molecular weight excluding hydrogens is 352 g/mol. The van der Waals surface area contributed by atoms with E-state index in [1.54, 1.807) is 0 Å². The molecule has 2 aliphatic rings. The number of hydrogen-bond donors (Lipinski definition) is 2. The van der Waals surface area contributed by atoms with Crippen LogP contribution in [0.25, 0.3) is 0 Å². The third-order valence-electron chi connectivity index (χ3n) is 6.05. The number of aromatic nitrogens is 5. The third kappa shape index (κ3) is 4.54. The van der Waals surface area contributed by atoms with Crippen molar-refractivity contribution in [2.45, 2.75) is 83.5 Å². The Kier molecular flexibility index (Phi) is 5.92. The van der Waals surface area contributed by atoms with Crippen LogP contribution in [0.5, 0.6) is 0 Å². The van der Waals surface area contributed by atoms with Crippen molar-refractivity contribution in [1.82, 2.24) is 35.2 Å². The monoisotopic (exact) mass is 384 g/mol. The van der Waals surface area contributed by atoms with Gasteiger partial charge < -0.3 is 15.2 Å². The Bertz CT molecular complexity index is 793. The highest BCUT2D eigenvalue weighted by molar-refractivity contribution is 5.80. The lowest BCUT2D eigenvalue weighted by Gasteiger charge is -2.17. The largest absolute Gasteiger partial charge is 0.354 e. The molecule has 2 aliphatic carbocycles. The predicted octanol–water partition coefficient (Wildman–Crippen LogP) is 2.61. The molecule has 2 N–H and O–H groups in total. The Labute approximate surface area is 166 Å². The second-order valence-corrected chi connectivity index (χ2v) is 8.09. The Hall–Kier alpha value is -2.38. The first-order valence-electron chi connectivity index (χ1n) is 10.6. The van der Waals surface area contributed by atoms with Crippen molar-refractivity contribution in [2.24, 2.45) is 12.0 Å². The number of aryl methyl sites for hydroxylation is 1. The summed E-state index contributed by atoms with van der Waals surface area (Å²) in [4.78, 5) is 4.81. The Morgan fingerprint density at radius 1 is 1.14 bits per heavy atom.